The van der Waals surface area contributed by atoms with Crippen LogP contribution in [0.2, 0.25) is 0 Å². The monoisotopic (exact) mass is 382 g/mol. The van der Waals surface area contributed by atoms with Gasteiger partial charge in [0.2, 0.25) is 11.8 Å². The lowest BCUT2D eigenvalue weighted by molar-refractivity contribution is -0.122. The van der Waals surface area contributed by atoms with Crippen molar-refractivity contribution in [2.75, 3.05) is 44.4 Å². The lowest BCUT2D eigenvalue weighted by Gasteiger charge is -2.43. The number of aromatic nitrogens is 2. The zero-order valence-electron chi connectivity index (χ0n) is 15.7. The SMILES string of the molecule is CCCc1noc(CCCC(=O)NCC2(N3CCOCC3)CCSC2)n1. The summed E-state index contributed by atoms with van der Waals surface area (Å²) in [5.41, 5.74) is 0.103. The molecule has 1 atom stereocenters. The van der Waals surface area contributed by atoms with Crippen LogP contribution in [-0.2, 0) is 22.4 Å². The molecule has 1 aromatic heterocycles. The van der Waals surface area contributed by atoms with Crippen LogP contribution >= 0.6 is 11.8 Å². The number of morpholine rings is 1. The van der Waals surface area contributed by atoms with Gasteiger partial charge in [-0.15, -0.1) is 0 Å². The maximum Gasteiger partial charge on any atom is 0.226 e. The minimum absolute atomic E-state index is 0.103. The molecule has 8 heteroatoms. The Morgan fingerprint density at radius 1 is 1.35 bits per heavy atom. The molecule has 7 nitrogen and oxygen atoms in total. The summed E-state index contributed by atoms with van der Waals surface area (Å²) in [4.78, 5) is 19.2. The Morgan fingerprint density at radius 2 is 2.19 bits per heavy atom. The zero-order valence-corrected chi connectivity index (χ0v) is 16.5. The Kier molecular flexibility index (Phi) is 7.33. The highest BCUT2D eigenvalue weighted by atomic mass is 32.2. The van der Waals surface area contributed by atoms with Crippen LogP contribution in [-0.4, -0.2) is 70.8 Å². The Morgan fingerprint density at radius 3 is 2.92 bits per heavy atom. The second-order valence-corrected chi connectivity index (χ2v) is 8.22. The average Bonchev–Trinajstić information content (AvgIpc) is 3.32. The molecule has 0 radical (unpaired) electrons. The number of nitrogens with one attached hydrogen (secondary N) is 1. The van der Waals surface area contributed by atoms with E-state index in [2.05, 4.69) is 27.3 Å². The molecule has 1 aromatic rings. The fraction of sp³-hybridized carbons (Fsp3) is 0.833. The molecule has 2 aliphatic rings. The number of thioether (sulfide) groups is 1. The summed E-state index contributed by atoms with van der Waals surface area (Å²) in [6.07, 6.45) is 4.88. The standard InChI is InChI=1S/C18H30N4O3S/c1-2-4-15-20-17(25-21-15)6-3-5-16(23)19-13-18(7-12-26-14-18)22-8-10-24-11-9-22/h2-14H2,1H3,(H,19,23). The molecule has 146 valence electrons. The van der Waals surface area contributed by atoms with Crippen molar-refractivity contribution < 1.29 is 14.1 Å². The second kappa shape index (κ2) is 9.71. The van der Waals surface area contributed by atoms with Gasteiger partial charge in [0.15, 0.2) is 5.82 Å². The maximum atomic E-state index is 12.3. The van der Waals surface area contributed by atoms with Crippen molar-refractivity contribution in [2.24, 2.45) is 0 Å². The van der Waals surface area contributed by atoms with E-state index in [0.717, 1.165) is 70.1 Å². The molecule has 3 rings (SSSR count). The van der Waals surface area contributed by atoms with Gasteiger partial charge in [-0.2, -0.15) is 16.7 Å². The Bertz CT molecular complexity index is 569. The predicted octanol–water partition coefficient (Wildman–Crippen LogP) is 1.67. The van der Waals surface area contributed by atoms with E-state index < -0.39 is 0 Å². The van der Waals surface area contributed by atoms with Crippen molar-refractivity contribution in [3.8, 4) is 0 Å². The van der Waals surface area contributed by atoms with Gasteiger partial charge in [0.1, 0.15) is 0 Å². The summed E-state index contributed by atoms with van der Waals surface area (Å²) in [5.74, 6) is 3.78. The van der Waals surface area contributed by atoms with Gasteiger partial charge in [0.05, 0.1) is 13.2 Å². The van der Waals surface area contributed by atoms with Crippen molar-refractivity contribution in [3.63, 3.8) is 0 Å². The van der Waals surface area contributed by atoms with Crippen molar-refractivity contribution in [1.29, 1.82) is 0 Å². The molecule has 0 aromatic carbocycles. The molecule has 1 N–H and O–H groups in total. The third-order valence-corrected chi connectivity index (χ3v) is 6.39. The van der Waals surface area contributed by atoms with Crippen molar-refractivity contribution in [3.05, 3.63) is 11.7 Å². The van der Waals surface area contributed by atoms with Crippen LogP contribution in [0.25, 0.3) is 0 Å². The van der Waals surface area contributed by atoms with Crippen LogP contribution in [0.1, 0.15) is 44.3 Å². The summed E-state index contributed by atoms with van der Waals surface area (Å²) in [5, 5.41) is 7.12. The highest BCUT2D eigenvalue weighted by molar-refractivity contribution is 7.99. The molecular weight excluding hydrogens is 352 g/mol. The Balaban J connectivity index is 1.40. The average molecular weight is 383 g/mol. The zero-order chi connectivity index (χ0) is 18.2. The maximum absolute atomic E-state index is 12.3. The fourth-order valence-corrected chi connectivity index (χ4v) is 5.08. The molecule has 1 amide bonds. The van der Waals surface area contributed by atoms with Gasteiger partial charge in [-0.3, -0.25) is 9.69 Å². The van der Waals surface area contributed by atoms with Crippen LogP contribution in [0.15, 0.2) is 4.52 Å². The highest BCUT2D eigenvalue weighted by Gasteiger charge is 2.40. The number of rotatable bonds is 9. The molecule has 0 spiro atoms. The fourth-order valence-electron chi connectivity index (χ4n) is 3.60. The van der Waals surface area contributed by atoms with Gasteiger partial charge in [-0.1, -0.05) is 12.1 Å². The molecule has 0 aliphatic carbocycles. The lowest BCUT2D eigenvalue weighted by Crippen LogP contribution is -2.59. The molecule has 2 saturated heterocycles. The third kappa shape index (κ3) is 5.20. The van der Waals surface area contributed by atoms with Crippen LogP contribution in [0, 0.1) is 0 Å². The topological polar surface area (TPSA) is 80.5 Å². The first-order valence-corrected chi connectivity index (χ1v) is 10.9. The van der Waals surface area contributed by atoms with E-state index in [0.29, 0.717) is 18.7 Å². The number of carbonyl (C=O) groups excluding carboxylic acids is 1. The van der Waals surface area contributed by atoms with E-state index >= 15 is 0 Å². The number of carbonyl (C=O) groups is 1. The summed E-state index contributed by atoms with van der Waals surface area (Å²) in [7, 11) is 0. The molecule has 26 heavy (non-hydrogen) atoms. The minimum atomic E-state index is 0.103. The number of hydrogen-bond acceptors (Lipinski definition) is 7. The van der Waals surface area contributed by atoms with Gasteiger partial charge in [-0.05, 0) is 25.0 Å². The van der Waals surface area contributed by atoms with E-state index in [1.807, 2.05) is 11.8 Å². The highest BCUT2D eigenvalue weighted by Crippen LogP contribution is 2.33. The molecular formula is C18H30N4O3S. The molecule has 0 saturated carbocycles. The molecule has 3 heterocycles. The molecule has 2 fully saturated rings. The van der Waals surface area contributed by atoms with Gasteiger partial charge >= 0.3 is 0 Å². The van der Waals surface area contributed by atoms with E-state index in [1.165, 1.54) is 5.75 Å². The van der Waals surface area contributed by atoms with Crippen LogP contribution in [0.4, 0.5) is 0 Å². The summed E-state index contributed by atoms with van der Waals surface area (Å²) in [6, 6.07) is 0. The van der Waals surface area contributed by atoms with Gasteiger partial charge in [0.25, 0.3) is 0 Å². The minimum Gasteiger partial charge on any atom is -0.379 e. The largest absolute Gasteiger partial charge is 0.379 e. The predicted molar refractivity (Wildman–Crippen MR) is 101 cm³/mol. The normalized spacial score (nSPS) is 24.0. The first-order chi connectivity index (χ1) is 12.7. The van der Waals surface area contributed by atoms with E-state index in [4.69, 9.17) is 9.26 Å². The van der Waals surface area contributed by atoms with Crippen molar-refractivity contribution in [2.45, 2.75) is 51.0 Å². The third-order valence-electron chi connectivity index (χ3n) is 5.16. The Labute approximate surface area is 159 Å². The van der Waals surface area contributed by atoms with Crippen LogP contribution in [0.5, 0.6) is 0 Å². The molecule has 2 aliphatic heterocycles. The van der Waals surface area contributed by atoms with E-state index in [-0.39, 0.29) is 11.4 Å². The van der Waals surface area contributed by atoms with E-state index in [9.17, 15) is 4.79 Å². The van der Waals surface area contributed by atoms with Crippen molar-refractivity contribution in [1.82, 2.24) is 20.4 Å². The summed E-state index contributed by atoms with van der Waals surface area (Å²) in [6.45, 7) is 6.35. The number of hydrogen-bond donors (Lipinski definition) is 1. The number of aryl methyl sites for hydroxylation is 2. The van der Waals surface area contributed by atoms with Crippen molar-refractivity contribution >= 4 is 17.7 Å². The first-order valence-electron chi connectivity index (χ1n) is 9.70. The molecule has 1 unspecified atom stereocenters. The molecule has 0 bridgehead atoms. The first kappa shape index (κ1) is 19.6. The van der Waals surface area contributed by atoms with Gasteiger partial charge in [0, 0.05) is 50.2 Å². The van der Waals surface area contributed by atoms with Gasteiger partial charge in [-0.25, -0.2) is 0 Å². The summed E-state index contributed by atoms with van der Waals surface area (Å²) >= 11 is 1.99. The number of amides is 1. The Hall–Kier alpha value is -1.12. The second-order valence-electron chi connectivity index (χ2n) is 7.11. The smallest absolute Gasteiger partial charge is 0.226 e. The van der Waals surface area contributed by atoms with E-state index in [1.54, 1.807) is 0 Å². The number of ether oxygens (including phenoxy) is 1. The number of nitrogens with zero attached hydrogens (tertiary/aromatic N) is 3. The quantitative estimate of drug-likeness (QED) is 0.696. The van der Waals surface area contributed by atoms with Gasteiger partial charge < -0.3 is 14.6 Å². The lowest BCUT2D eigenvalue weighted by atomic mass is 9.95. The van der Waals surface area contributed by atoms with Crippen LogP contribution in [0.3, 0.4) is 0 Å². The van der Waals surface area contributed by atoms with Crippen LogP contribution < -0.4 is 5.32 Å². The summed E-state index contributed by atoms with van der Waals surface area (Å²) < 4.78 is 10.7.